The number of rotatable bonds is 6. The maximum Gasteiger partial charge on any atom is 0.317 e. The van der Waals surface area contributed by atoms with Gasteiger partial charge in [-0.15, -0.1) is 0 Å². The molecule has 0 radical (unpaired) electrons. The van der Waals surface area contributed by atoms with Gasteiger partial charge in [0.2, 0.25) is 0 Å². The van der Waals surface area contributed by atoms with Crippen LogP contribution in [-0.4, -0.2) is 48.3 Å². The fraction of sp³-hybridized carbons (Fsp3) is 0.667. The Balaban J connectivity index is 3.93. The van der Waals surface area contributed by atoms with Crippen molar-refractivity contribution in [1.29, 1.82) is 0 Å². The summed E-state index contributed by atoms with van der Waals surface area (Å²) in [4.78, 5) is 21.6. The zero-order chi connectivity index (χ0) is 9.56. The molecule has 6 heteroatoms. The Hall–Kier alpha value is -0.670. The highest BCUT2D eigenvalue weighted by molar-refractivity contribution is 7.43. The predicted molar refractivity (Wildman–Crippen MR) is 45.1 cm³/mol. The number of hydrogen-bond donors (Lipinski definition) is 1. The van der Waals surface area contributed by atoms with E-state index in [0.29, 0.717) is 6.29 Å². The van der Waals surface area contributed by atoms with Gasteiger partial charge in [-0.1, -0.05) is 0 Å². The first-order chi connectivity index (χ1) is 5.56. The fourth-order valence-electron chi connectivity index (χ4n) is 0.797. The van der Waals surface area contributed by atoms with E-state index in [1.165, 1.54) is 11.6 Å². The first-order valence-corrected chi connectivity index (χ1v) is 5.55. The predicted octanol–water partition coefficient (Wildman–Crippen LogP) is -0.281. The van der Waals surface area contributed by atoms with Gasteiger partial charge in [-0.3, -0.25) is 9.69 Å². The van der Waals surface area contributed by atoms with Crippen LogP contribution in [0.5, 0.6) is 0 Å². The molecule has 70 valence electrons. The van der Waals surface area contributed by atoms with Crippen molar-refractivity contribution in [2.24, 2.45) is 0 Å². The van der Waals surface area contributed by atoms with Gasteiger partial charge in [-0.2, -0.15) is 0 Å². The van der Waals surface area contributed by atoms with E-state index in [1.807, 2.05) is 0 Å². The van der Waals surface area contributed by atoms with E-state index in [9.17, 15) is 14.2 Å². The summed E-state index contributed by atoms with van der Waals surface area (Å²) in [6.07, 6.45) is 0.795. The molecule has 1 unspecified atom stereocenters. The topological polar surface area (TPSA) is 74.7 Å². The Morgan fingerprint density at radius 2 is 2.25 bits per heavy atom. The summed E-state index contributed by atoms with van der Waals surface area (Å²) in [5, 5.41) is 8.38. The van der Waals surface area contributed by atoms with Crippen molar-refractivity contribution < 1.29 is 19.3 Å². The lowest BCUT2D eigenvalue weighted by atomic mass is 10.5. The zero-order valence-corrected chi connectivity index (χ0v) is 7.82. The van der Waals surface area contributed by atoms with Crippen molar-refractivity contribution in [2.75, 3.05) is 26.0 Å². The normalized spacial score (nSPS) is 12.8. The Kier molecular flexibility index (Phi) is 5.58. The Morgan fingerprint density at radius 1 is 1.67 bits per heavy atom. The number of aliphatic carboxylic acids is 1. The van der Waals surface area contributed by atoms with Gasteiger partial charge < -0.3 is 14.5 Å². The number of hydrogen-bond acceptors (Lipinski definition) is 4. The lowest BCUT2D eigenvalue weighted by Crippen LogP contribution is -2.30. The number of carbonyl (C=O) groups excluding carboxylic acids is 1. The second kappa shape index (κ2) is 5.91. The number of carboxylic acids is 1. The summed E-state index contributed by atoms with van der Waals surface area (Å²) in [7, 11) is -1.75. The summed E-state index contributed by atoms with van der Waals surface area (Å²) in [6.45, 7) is 1.32. The van der Waals surface area contributed by atoms with E-state index in [4.69, 9.17) is 5.11 Å². The molecule has 0 saturated heterocycles. The van der Waals surface area contributed by atoms with Crippen LogP contribution < -0.4 is 0 Å². The molecule has 0 spiro atoms. The van der Waals surface area contributed by atoms with Gasteiger partial charge in [-0.05, 0) is 6.66 Å². The van der Waals surface area contributed by atoms with E-state index >= 15 is 0 Å². The number of nitrogens with zero attached hydrogens (tertiary/aromatic N) is 1. The molecule has 5 nitrogen and oxygen atoms in total. The number of carboxylic acid groups (broad SMARTS) is 1. The van der Waals surface area contributed by atoms with Gasteiger partial charge in [-0.25, -0.2) is 0 Å². The first kappa shape index (κ1) is 11.3. The second-order valence-electron chi connectivity index (χ2n) is 2.43. The Bertz CT molecular complexity index is 178. The molecule has 0 bridgehead atoms. The molecule has 0 fully saturated rings. The van der Waals surface area contributed by atoms with E-state index < -0.39 is 13.8 Å². The summed E-state index contributed by atoms with van der Waals surface area (Å²) < 4.78 is 10.7. The van der Waals surface area contributed by atoms with Gasteiger partial charge >= 0.3 is 5.97 Å². The fourth-order valence-corrected chi connectivity index (χ4v) is 1.67. The lowest BCUT2D eigenvalue weighted by molar-refractivity contribution is -0.138. The third-order valence-electron chi connectivity index (χ3n) is 1.14. The molecule has 1 N–H and O–H groups in total. The molecule has 0 aliphatic carbocycles. The van der Waals surface area contributed by atoms with Crippen LogP contribution in [0.2, 0.25) is 0 Å². The maximum absolute atomic E-state index is 10.7. The van der Waals surface area contributed by atoms with Crippen molar-refractivity contribution in [3.05, 3.63) is 0 Å². The van der Waals surface area contributed by atoms with Gasteiger partial charge in [0.15, 0.2) is 0 Å². The first-order valence-electron chi connectivity index (χ1n) is 3.43. The van der Waals surface area contributed by atoms with Crippen LogP contribution >= 0.6 is 7.80 Å². The van der Waals surface area contributed by atoms with Crippen molar-refractivity contribution in [3.8, 4) is 0 Å². The van der Waals surface area contributed by atoms with E-state index in [-0.39, 0.29) is 19.4 Å². The van der Waals surface area contributed by atoms with Gasteiger partial charge in [0.1, 0.15) is 6.29 Å². The largest absolute Gasteiger partial charge is 0.480 e. The van der Waals surface area contributed by atoms with Crippen LogP contribution in [0.3, 0.4) is 0 Å². The van der Waals surface area contributed by atoms with E-state index in [1.54, 1.807) is 0 Å². The molecule has 0 saturated carbocycles. The molecule has 12 heavy (non-hydrogen) atoms. The minimum atomic E-state index is -1.75. The van der Waals surface area contributed by atoms with Gasteiger partial charge in [0.25, 0.3) is 0 Å². The smallest absolute Gasteiger partial charge is 0.317 e. The Morgan fingerprint density at radius 3 is 2.58 bits per heavy atom. The Labute approximate surface area is 71.1 Å². The van der Waals surface area contributed by atoms with Crippen LogP contribution in [-0.2, 0) is 14.2 Å². The van der Waals surface area contributed by atoms with Crippen molar-refractivity contribution in [1.82, 2.24) is 4.90 Å². The molecule has 1 atom stereocenters. The van der Waals surface area contributed by atoms with Crippen LogP contribution in [0.25, 0.3) is 0 Å². The summed E-state index contributed by atoms with van der Waals surface area (Å²) >= 11 is 0. The van der Waals surface area contributed by atoms with E-state index in [0.717, 1.165) is 0 Å². The molecule has 0 aliphatic heterocycles. The molecule has 0 aromatic rings. The molecular formula is C6H12NO4P. The quantitative estimate of drug-likeness (QED) is 0.463. The SMILES string of the molecule is C[PH](=O)CN(CC=O)CC(=O)O. The van der Waals surface area contributed by atoms with E-state index in [2.05, 4.69) is 0 Å². The molecule has 0 heterocycles. The number of carbonyl (C=O) groups is 2. The van der Waals surface area contributed by atoms with Crippen LogP contribution in [0.15, 0.2) is 0 Å². The summed E-state index contributed by atoms with van der Waals surface area (Å²) in [5.74, 6) is -1.01. The standard InChI is InChI=1S/C6H12NO4P/c1-12(11)5-7(2-3-8)4-6(9)10/h3,12H,2,4-5H2,1H3,(H,9,10). The summed E-state index contributed by atoms with van der Waals surface area (Å²) in [6, 6.07) is 0. The monoisotopic (exact) mass is 193 g/mol. The second-order valence-corrected chi connectivity index (χ2v) is 4.15. The number of aldehydes is 1. The molecule has 0 aromatic carbocycles. The molecule has 0 aromatic heterocycles. The minimum Gasteiger partial charge on any atom is -0.480 e. The molecule has 0 amide bonds. The highest BCUT2D eigenvalue weighted by atomic mass is 31.1. The molecule has 0 aliphatic rings. The van der Waals surface area contributed by atoms with Crippen molar-refractivity contribution in [3.63, 3.8) is 0 Å². The molecule has 0 rings (SSSR count). The van der Waals surface area contributed by atoms with Crippen LogP contribution in [0.1, 0.15) is 0 Å². The average Bonchev–Trinajstić information content (AvgIpc) is 1.84. The van der Waals surface area contributed by atoms with Gasteiger partial charge in [0, 0.05) is 0 Å². The lowest BCUT2D eigenvalue weighted by Gasteiger charge is -2.14. The third-order valence-corrected chi connectivity index (χ3v) is 2.03. The maximum atomic E-state index is 10.7. The molecular weight excluding hydrogens is 181 g/mol. The van der Waals surface area contributed by atoms with Crippen molar-refractivity contribution in [2.45, 2.75) is 0 Å². The highest BCUT2D eigenvalue weighted by Gasteiger charge is 2.09. The van der Waals surface area contributed by atoms with Crippen LogP contribution in [0.4, 0.5) is 0 Å². The minimum absolute atomic E-state index is 0.0244. The van der Waals surface area contributed by atoms with Crippen molar-refractivity contribution >= 4 is 20.1 Å². The highest BCUT2D eigenvalue weighted by Crippen LogP contribution is 2.14. The van der Waals surface area contributed by atoms with Gasteiger partial charge in [0.05, 0.1) is 27.2 Å². The van der Waals surface area contributed by atoms with Crippen LogP contribution in [0, 0.1) is 0 Å². The third kappa shape index (κ3) is 6.07. The average molecular weight is 193 g/mol. The zero-order valence-electron chi connectivity index (χ0n) is 6.82. The summed E-state index contributed by atoms with van der Waals surface area (Å²) in [5.41, 5.74) is 0.